The van der Waals surface area contributed by atoms with Crippen molar-refractivity contribution in [2.24, 2.45) is 0 Å². The van der Waals surface area contributed by atoms with E-state index >= 15 is 0 Å². The van der Waals surface area contributed by atoms with Crippen molar-refractivity contribution in [2.75, 3.05) is 19.4 Å². The van der Waals surface area contributed by atoms with E-state index < -0.39 is 0 Å². The number of carbonyl (C=O) groups excluding carboxylic acids is 1. The van der Waals surface area contributed by atoms with Gasteiger partial charge in [0, 0.05) is 30.9 Å². The molecule has 0 saturated carbocycles. The number of benzene rings is 2. The minimum Gasteiger partial charge on any atom is -0.326 e. The molecule has 0 radical (unpaired) electrons. The molecule has 0 aliphatic rings. The van der Waals surface area contributed by atoms with Gasteiger partial charge in [-0.2, -0.15) is 0 Å². The number of aromatic nitrogens is 1. The van der Waals surface area contributed by atoms with E-state index in [0.717, 1.165) is 38.8 Å². The van der Waals surface area contributed by atoms with Gasteiger partial charge in [-0.1, -0.05) is 12.1 Å². The summed E-state index contributed by atoms with van der Waals surface area (Å²) in [7, 11) is 3.98. The van der Waals surface area contributed by atoms with E-state index in [1.54, 1.807) is 12.1 Å². The van der Waals surface area contributed by atoms with Crippen LogP contribution in [0.5, 0.6) is 0 Å². The van der Waals surface area contributed by atoms with Gasteiger partial charge in [0.05, 0.1) is 4.88 Å². The molecule has 2 aromatic carbocycles. The SMILES string of the molecule is CC(=O)Nc1cc(-c2cnc(-c3ccc(F)cc3)s2)ccc1CN(C)C. The van der Waals surface area contributed by atoms with Gasteiger partial charge in [0.25, 0.3) is 0 Å². The summed E-state index contributed by atoms with van der Waals surface area (Å²) in [5.74, 6) is -0.361. The molecule has 26 heavy (non-hydrogen) atoms. The van der Waals surface area contributed by atoms with Crippen LogP contribution in [0.2, 0.25) is 0 Å². The number of thiazole rings is 1. The lowest BCUT2D eigenvalue weighted by molar-refractivity contribution is -0.114. The maximum atomic E-state index is 13.1. The van der Waals surface area contributed by atoms with Gasteiger partial charge < -0.3 is 10.2 Å². The molecule has 3 aromatic rings. The second kappa shape index (κ2) is 7.76. The lowest BCUT2D eigenvalue weighted by atomic mass is 10.1. The van der Waals surface area contributed by atoms with Crippen LogP contribution < -0.4 is 5.32 Å². The number of hydrogen-bond donors (Lipinski definition) is 1. The van der Waals surface area contributed by atoms with Gasteiger partial charge in [-0.3, -0.25) is 4.79 Å². The molecule has 6 heteroatoms. The predicted molar refractivity (Wildman–Crippen MR) is 105 cm³/mol. The Labute approximate surface area is 156 Å². The normalized spacial score (nSPS) is 11.0. The molecule has 1 heterocycles. The lowest BCUT2D eigenvalue weighted by Gasteiger charge is -2.15. The average molecular weight is 369 g/mol. The standard InChI is InChI=1S/C20H20FN3OS/c1-13(25)23-18-10-15(4-5-16(18)12-24(2)3)19-11-22-20(26-19)14-6-8-17(21)9-7-14/h4-11H,12H2,1-3H3,(H,23,25). The molecule has 0 fully saturated rings. The third-order valence-electron chi connectivity index (χ3n) is 3.79. The van der Waals surface area contributed by atoms with Crippen molar-refractivity contribution in [3.63, 3.8) is 0 Å². The molecule has 4 nitrogen and oxygen atoms in total. The minimum atomic E-state index is -0.262. The van der Waals surface area contributed by atoms with Crippen LogP contribution in [0, 0.1) is 5.82 Å². The highest BCUT2D eigenvalue weighted by Gasteiger charge is 2.11. The Balaban J connectivity index is 1.93. The number of halogens is 1. The Morgan fingerprint density at radius 3 is 2.50 bits per heavy atom. The molecule has 1 amide bonds. The fourth-order valence-electron chi connectivity index (χ4n) is 2.65. The van der Waals surface area contributed by atoms with E-state index in [-0.39, 0.29) is 11.7 Å². The highest BCUT2D eigenvalue weighted by molar-refractivity contribution is 7.18. The second-order valence-electron chi connectivity index (χ2n) is 6.33. The van der Waals surface area contributed by atoms with Crippen molar-refractivity contribution in [2.45, 2.75) is 13.5 Å². The minimum absolute atomic E-state index is 0.0986. The number of anilines is 1. The number of carbonyl (C=O) groups is 1. The molecule has 1 aromatic heterocycles. The van der Waals surface area contributed by atoms with Crippen LogP contribution in [0.25, 0.3) is 21.0 Å². The highest BCUT2D eigenvalue weighted by Crippen LogP contribution is 2.34. The Hall–Kier alpha value is -2.57. The zero-order valence-electron chi connectivity index (χ0n) is 14.9. The van der Waals surface area contributed by atoms with E-state index in [4.69, 9.17) is 0 Å². The lowest BCUT2D eigenvalue weighted by Crippen LogP contribution is -2.14. The zero-order chi connectivity index (χ0) is 18.7. The predicted octanol–water partition coefficient (Wildman–Crippen LogP) is 4.64. The summed E-state index contributed by atoms with van der Waals surface area (Å²) in [5.41, 5.74) is 3.73. The molecule has 0 bridgehead atoms. The van der Waals surface area contributed by atoms with E-state index in [2.05, 4.69) is 15.2 Å². The molecule has 134 valence electrons. The smallest absolute Gasteiger partial charge is 0.221 e. The number of rotatable bonds is 5. The van der Waals surface area contributed by atoms with Crippen molar-refractivity contribution in [3.8, 4) is 21.0 Å². The van der Waals surface area contributed by atoms with Crippen molar-refractivity contribution in [1.29, 1.82) is 0 Å². The molecule has 3 rings (SSSR count). The molecular weight excluding hydrogens is 349 g/mol. The van der Waals surface area contributed by atoms with E-state index in [1.807, 2.05) is 38.5 Å². The molecule has 0 saturated heterocycles. The summed E-state index contributed by atoms with van der Waals surface area (Å²) in [6.07, 6.45) is 1.81. The average Bonchev–Trinajstić information content (AvgIpc) is 3.06. The summed E-state index contributed by atoms with van der Waals surface area (Å²) in [6.45, 7) is 2.24. The number of hydrogen-bond acceptors (Lipinski definition) is 4. The third-order valence-corrected chi connectivity index (χ3v) is 4.88. The van der Waals surface area contributed by atoms with Crippen LogP contribution in [-0.4, -0.2) is 29.9 Å². The molecule has 1 N–H and O–H groups in total. The molecular formula is C20H20FN3OS. The summed E-state index contributed by atoms with van der Waals surface area (Å²) >= 11 is 1.54. The van der Waals surface area contributed by atoms with Crippen LogP contribution in [0.4, 0.5) is 10.1 Å². The Kier molecular flexibility index (Phi) is 5.44. The first-order valence-corrected chi connectivity index (χ1v) is 9.01. The number of amides is 1. The van der Waals surface area contributed by atoms with E-state index in [9.17, 15) is 9.18 Å². The van der Waals surface area contributed by atoms with Crippen LogP contribution in [0.3, 0.4) is 0 Å². The van der Waals surface area contributed by atoms with Gasteiger partial charge in [-0.15, -0.1) is 11.3 Å². The van der Waals surface area contributed by atoms with Gasteiger partial charge in [-0.05, 0) is 55.6 Å². The highest BCUT2D eigenvalue weighted by atomic mass is 32.1. The van der Waals surface area contributed by atoms with Crippen molar-refractivity contribution in [3.05, 3.63) is 60.0 Å². The fraction of sp³-hybridized carbons (Fsp3) is 0.200. The molecule has 0 atom stereocenters. The van der Waals surface area contributed by atoms with Crippen molar-refractivity contribution in [1.82, 2.24) is 9.88 Å². The first-order valence-electron chi connectivity index (χ1n) is 8.20. The van der Waals surface area contributed by atoms with Crippen LogP contribution in [0.1, 0.15) is 12.5 Å². The Morgan fingerprint density at radius 1 is 1.15 bits per heavy atom. The zero-order valence-corrected chi connectivity index (χ0v) is 15.7. The number of nitrogens with zero attached hydrogens (tertiary/aromatic N) is 2. The van der Waals surface area contributed by atoms with Gasteiger partial charge in [0.1, 0.15) is 10.8 Å². The Bertz CT molecular complexity index is 919. The van der Waals surface area contributed by atoms with Gasteiger partial charge in [0.2, 0.25) is 5.91 Å². The van der Waals surface area contributed by atoms with Gasteiger partial charge in [0.15, 0.2) is 0 Å². The van der Waals surface area contributed by atoms with Crippen molar-refractivity contribution >= 4 is 22.9 Å². The first kappa shape index (κ1) is 18.2. The van der Waals surface area contributed by atoms with E-state index in [1.165, 1.54) is 30.4 Å². The third kappa shape index (κ3) is 4.33. The maximum absolute atomic E-state index is 13.1. The second-order valence-corrected chi connectivity index (χ2v) is 7.36. The van der Waals surface area contributed by atoms with Crippen LogP contribution in [-0.2, 0) is 11.3 Å². The summed E-state index contributed by atoms with van der Waals surface area (Å²) < 4.78 is 13.1. The topological polar surface area (TPSA) is 45.2 Å². The molecule has 0 aliphatic heterocycles. The molecule has 0 unspecified atom stereocenters. The Morgan fingerprint density at radius 2 is 1.85 bits per heavy atom. The first-order chi connectivity index (χ1) is 12.4. The summed E-state index contributed by atoms with van der Waals surface area (Å²) in [5, 5.41) is 3.74. The largest absolute Gasteiger partial charge is 0.326 e. The fourth-order valence-corrected chi connectivity index (χ4v) is 3.57. The van der Waals surface area contributed by atoms with E-state index in [0.29, 0.717) is 0 Å². The van der Waals surface area contributed by atoms with Crippen molar-refractivity contribution < 1.29 is 9.18 Å². The maximum Gasteiger partial charge on any atom is 0.221 e. The number of nitrogens with one attached hydrogen (secondary N) is 1. The van der Waals surface area contributed by atoms with Crippen LogP contribution in [0.15, 0.2) is 48.7 Å². The molecule has 0 aliphatic carbocycles. The van der Waals surface area contributed by atoms with Gasteiger partial charge in [-0.25, -0.2) is 9.37 Å². The summed E-state index contributed by atoms with van der Waals surface area (Å²) in [6, 6.07) is 12.3. The monoisotopic (exact) mass is 369 g/mol. The quantitative estimate of drug-likeness (QED) is 0.713. The molecule has 0 spiro atoms. The summed E-state index contributed by atoms with van der Waals surface area (Å²) in [4.78, 5) is 19.1. The van der Waals surface area contributed by atoms with Crippen LogP contribution >= 0.6 is 11.3 Å². The van der Waals surface area contributed by atoms with Gasteiger partial charge >= 0.3 is 0 Å².